The Labute approximate surface area is 231 Å². The SMILES string of the molecule is C/C(=C\CNc1ncnc2c1ncn2[C@@H]1O[C@H](CO)C(O)[C@@H]1O)CCC1(C)[C@H](C)CC=C2[C@H]1CCCC2(C)C. The zero-order valence-electron chi connectivity index (χ0n) is 24.0. The summed E-state index contributed by atoms with van der Waals surface area (Å²) >= 11 is 0. The number of hydrogen-bond donors (Lipinski definition) is 4. The summed E-state index contributed by atoms with van der Waals surface area (Å²) in [5.74, 6) is 1.98. The summed E-state index contributed by atoms with van der Waals surface area (Å²) in [6.07, 6.45) is 11.0. The van der Waals surface area contributed by atoms with Crippen molar-refractivity contribution in [2.45, 2.75) is 97.7 Å². The number of aromatic nitrogens is 4. The molecule has 2 aliphatic carbocycles. The Morgan fingerprint density at radius 3 is 2.74 bits per heavy atom. The minimum absolute atomic E-state index is 0.325. The molecule has 2 aromatic rings. The van der Waals surface area contributed by atoms with Crippen LogP contribution in [0.25, 0.3) is 11.2 Å². The predicted molar refractivity (Wildman–Crippen MR) is 151 cm³/mol. The third kappa shape index (κ3) is 5.14. The van der Waals surface area contributed by atoms with Crippen molar-refractivity contribution < 1.29 is 20.1 Å². The van der Waals surface area contributed by atoms with E-state index in [0.29, 0.717) is 46.2 Å². The monoisotopic (exact) mass is 539 g/mol. The van der Waals surface area contributed by atoms with E-state index in [2.05, 4.69) is 67.0 Å². The third-order valence-electron chi connectivity index (χ3n) is 9.99. The summed E-state index contributed by atoms with van der Waals surface area (Å²) in [4.78, 5) is 13.2. The lowest BCUT2D eigenvalue weighted by Crippen LogP contribution is -2.43. The van der Waals surface area contributed by atoms with Gasteiger partial charge in [-0.05, 0) is 61.7 Å². The Morgan fingerprint density at radius 1 is 1.21 bits per heavy atom. The normalized spacial score (nSPS) is 34.7. The summed E-state index contributed by atoms with van der Waals surface area (Å²) in [6, 6.07) is 0. The van der Waals surface area contributed by atoms with Crippen LogP contribution >= 0.6 is 0 Å². The molecular formula is C30H45N5O4. The van der Waals surface area contributed by atoms with Crippen LogP contribution in [0.5, 0.6) is 0 Å². The number of nitrogens with one attached hydrogen (secondary N) is 1. The molecule has 2 unspecified atom stereocenters. The van der Waals surface area contributed by atoms with Crippen LogP contribution in [0.15, 0.2) is 36.0 Å². The van der Waals surface area contributed by atoms with Crippen LogP contribution in [0.4, 0.5) is 5.82 Å². The molecule has 2 aromatic heterocycles. The van der Waals surface area contributed by atoms with Gasteiger partial charge in [0.25, 0.3) is 0 Å². The standard InChI is InChI=1S/C30H45N5O4/c1-18(10-13-30(5)19(2)8-9-20-21(30)7-6-12-29(20,3)4)11-14-31-26-23-27(33-16-32-26)35(17-34-23)28-25(38)24(37)22(15-36)39-28/h9,11,16-17,19,21-22,24-25,28,36-38H,6-8,10,12-15H2,1-5H3,(H,31,32,33)/b18-11+/t19-,21-,22-,24?,25+,28-,30?/m1/s1. The molecule has 0 aromatic carbocycles. The minimum atomic E-state index is -1.20. The van der Waals surface area contributed by atoms with Gasteiger partial charge in [0.1, 0.15) is 24.6 Å². The highest BCUT2D eigenvalue weighted by Crippen LogP contribution is 2.58. The van der Waals surface area contributed by atoms with Gasteiger partial charge in [0.15, 0.2) is 23.2 Å². The van der Waals surface area contributed by atoms with Crippen LogP contribution in [0, 0.1) is 22.7 Å². The smallest absolute Gasteiger partial charge is 0.167 e. The van der Waals surface area contributed by atoms with Gasteiger partial charge in [0.2, 0.25) is 0 Å². The lowest BCUT2D eigenvalue weighted by molar-refractivity contribution is -0.0511. The van der Waals surface area contributed by atoms with E-state index < -0.39 is 24.5 Å². The molecule has 39 heavy (non-hydrogen) atoms. The number of aliphatic hydroxyl groups is 3. The lowest BCUT2D eigenvalue weighted by Gasteiger charge is -2.53. The van der Waals surface area contributed by atoms with E-state index in [1.807, 2.05) is 0 Å². The van der Waals surface area contributed by atoms with Crippen molar-refractivity contribution in [1.29, 1.82) is 0 Å². The Kier molecular flexibility index (Phi) is 7.90. The topological polar surface area (TPSA) is 126 Å². The van der Waals surface area contributed by atoms with Gasteiger partial charge in [-0.2, -0.15) is 0 Å². The van der Waals surface area contributed by atoms with Crippen molar-refractivity contribution in [2.75, 3.05) is 18.5 Å². The second-order valence-corrected chi connectivity index (χ2v) is 12.8. The van der Waals surface area contributed by atoms with Crippen molar-refractivity contribution in [3.05, 3.63) is 36.0 Å². The Balaban J connectivity index is 1.23. The summed E-state index contributed by atoms with van der Waals surface area (Å²) in [5, 5.41) is 33.3. The van der Waals surface area contributed by atoms with Crippen LogP contribution in [0.2, 0.25) is 0 Å². The third-order valence-corrected chi connectivity index (χ3v) is 9.99. The van der Waals surface area contributed by atoms with Gasteiger partial charge in [0, 0.05) is 6.54 Å². The molecule has 0 amide bonds. The Morgan fingerprint density at radius 2 is 2.00 bits per heavy atom. The van der Waals surface area contributed by atoms with E-state index in [4.69, 9.17) is 4.74 Å². The number of allylic oxidation sites excluding steroid dienone is 3. The van der Waals surface area contributed by atoms with Crippen LogP contribution in [-0.4, -0.2) is 66.3 Å². The molecule has 1 aliphatic heterocycles. The molecule has 7 atom stereocenters. The van der Waals surface area contributed by atoms with Gasteiger partial charge < -0.3 is 25.4 Å². The first kappa shape index (κ1) is 28.2. The van der Waals surface area contributed by atoms with E-state index in [1.165, 1.54) is 50.3 Å². The fourth-order valence-electron chi connectivity index (χ4n) is 7.13. The van der Waals surface area contributed by atoms with Crippen molar-refractivity contribution in [2.24, 2.45) is 22.7 Å². The highest BCUT2D eigenvalue weighted by atomic mass is 16.6. The first-order chi connectivity index (χ1) is 18.6. The molecule has 9 nitrogen and oxygen atoms in total. The van der Waals surface area contributed by atoms with Crippen LogP contribution in [0.1, 0.15) is 79.4 Å². The summed E-state index contributed by atoms with van der Waals surface area (Å²) in [6.45, 7) is 12.3. The zero-order chi connectivity index (χ0) is 27.9. The lowest BCUT2D eigenvalue weighted by atomic mass is 9.52. The highest BCUT2D eigenvalue weighted by molar-refractivity contribution is 5.82. The van der Waals surface area contributed by atoms with Crippen molar-refractivity contribution in [3.8, 4) is 0 Å². The second-order valence-electron chi connectivity index (χ2n) is 12.8. The highest BCUT2D eigenvalue weighted by Gasteiger charge is 2.48. The largest absolute Gasteiger partial charge is 0.394 e. The second kappa shape index (κ2) is 10.9. The zero-order valence-corrected chi connectivity index (χ0v) is 24.0. The number of hydrogen-bond acceptors (Lipinski definition) is 8. The maximum Gasteiger partial charge on any atom is 0.167 e. The number of nitrogens with zero attached hydrogens (tertiary/aromatic N) is 4. The molecule has 1 saturated carbocycles. The van der Waals surface area contributed by atoms with Gasteiger partial charge >= 0.3 is 0 Å². The van der Waals surface area contributed by atoms with E-state index >= 15 is 0 Å². The van der Waals surface area contributed by atoms with Crippen LogP contribution < -0.4 is 5.32 Å². The number of anilines is 1. The van der Waals surface area contributed by atoms with Gasteiger partial charge in [-0.3, -0.25) is 4.57 Å². The van der Waals surface area contributed by atoms with Crippen molar-refractivity contribution in [1.82, 2.24) is 19.5 Å². The molecular weight excluding hydrogens is 494 g/mol. The maximum atomic E-state index is 10.4. The summed E-state index contributed by atoms with van der Waals surface area (Å²) in [5.41, 5.74) is 4.78. The van der Waals surface area contributed by atoms with Crippen molar-refractivity contribution in [3.63, 3.8) is 0 Å². The van der Waals surface area contributed by atoms with E-state index in [0.717, 1.165) is 6.42 Å². The molecule has 3 heterocycles. The van der Waals surface area contributed by atoms with E-state index in [1.54, 1.807) is 10.1 Å². The maximum absolute atomic E-state index is 10.4. The Bertz CT molecular complexity index is 1240. The van der Waals surface area contributed by atoms with Gasteiger partial charge in [-0.1, -0.05) is 57.4 Å². The predicted octanol–water partition coefficient (Wildman–Crippen LogP) is 4.38. The molecule has 9 heteroatoms. The average molecular weight is 540 g/mol. The van der Waals surface area contributed by atoms with Crippen LogP contribution in [0.3, 0.4) is 0 Å². The fraction of sp³-hybridized carbons (Fsp3) is 0.700. The average Bonchev–Trinajstić information content (AvgIpc) is 3.46. The molecule has 0 radical (unpaired) electrons. The molecule has 4 N–H and O–H groups in total. The first-order valence-electron chi connectivity index (χ1n) is 14.5. The molecule has 0 bridgehead atoms. The number of ether oxygens (including phenoxy) is 1. The molecule has 2 fully saturated rings. The number of rotatable bonds is 8. The van der Waals surface area contributed by atoms with E-state index in [-0.39, 0.29) is 6.61 Å². The number of imidazole rings is 1. The van der Waals surface area contributed by atoms with Gasteiger partial charge in [0.05, 0.1) is 12.9 Å². The fourth-order valence-corrected chi connectivity index (χ4v) is 7.13. The molecule has 0 spiro atoms. The minimum Gasteiger partial charge on any atom is -0.394 e. The quantitative estimate of drug-likeness (QED) is 0.364. The summed E-state index contributed by atoms with van der Waals surface area (Å²) < 4.78 is 7.23. The molecule has 1 saturated heterocycles. The van der Waals surface area contributed by atoms with Crippen molar-refractivity contribution >= 4 is 17.0 Å². The molecule has 214 valence electrons. The number of fused-ring (bicyclic) bond motifs is 2. The van der Waals surface area contributed by atoms with Crippen LogP contribution in [-0.2, 0) is 4.74 Å². The van der Waals surface area contributed by atoms with E-state index in [9.17, 15) is 15.3 Å². The Hall–Kier alpha value is -2.33. The number of aliphatic hydroxyl groups excluding tert-OH is 3. The molecule has 3 aliphatic rings. The van der Waals surface area contributed by atoms with Gasteiger partial charge in [-0.25, -0.2) is 15.0 Å². The summed E-state index contributed by atoms with van der Waals surface area (Å²) in [7, 11) is 0. The van der Waals surface area contributed by atoms with Gasteiger partial charge in [-0.15, -0.1) is 0 Å². The molecule has 5 rings (SSSR count). The first-order valence-corrected chi connectivity index (χ1v) is 14.5.